The zero-order valence-electron chi connectivity index (χ0n) is 13.5. The van der Waals surface area contributed by atoms with E-state index in [-0.39, 0.29) is 37.2 Å². The Labute approximate surface area is 135 Å². The number of hydrogen-bond acceptors (Lipinski definition) is 3. The monoisotopic (exact) mass is 322 g/mol. The van der Waals surface area contributed by atoms with Crippen LogP contribution in [0, 0.1) is 11.2 Å². The van der Waals surface area contributed by atoms with Crippen LogP contribution in [0.3, 0.4) is 0 Å². The van der Waals surface area contributed by atoms with E-state index in [9.17, 15) is 19.1 Å². The molecule has 0 saturated carbocycles. The fourth-order valence-electron chi connectivity index (χ4n) is 3.33. The molecule has 23 heavy (non-hydrogen) atoms. The molecular weight excluding hydrogens is 299 g/mol. The van der Waals surface area contributed by atoms with Crippen LogP contribution in [0.15, 0.2) is 24.3 Å². The molecule has 0 bridgehead atoms. The zero-order valence-corrected chi connectivity index (χ0v) is 13.5. The Bertz CT molecular complexity index is 601. The molecule has 1 fully saturated rings. The highest BCUT2D eigenvalue weighted by Crippen LogP contribution is 2.34. The van der Waals surface area contributed by atoms with Gasteiger partial charge in [-0.25, -0.2) is 4.39 Å². The third-order valence-corrected chi connectivity index (χ3v) is 4.96. The Kier molecular flexibility index (Phi) is 5.04. The summed E-state index contributed by atoms with van der Waals surface area (Å²) in [7, 11) is 0. The van der Waals surface area contributed by atoms with Crippen molar-refractivity contribution in [1.82, 2.24) is 4.90 Å². The lowest BCUT2D eigenvalue weighted by molar-refractivity contribution is -0.161. The molecule has 1 aliphatic heterocycles. The first-order chi connectivity index (χ1) is 10.9. The predicted octanol–water partition coefficient (Wildman–Crippen LogP) is 1.97. The van der Waals surface area contributed by atoms with Gasteiger partial charge in [0.2, 0.25) is 5.91 Å². The van der Waals surface area contributed by atoms with Crippen LogP contribution in [0.2, 0.25) is 0 Å². The van der Waals surface area contributed by atoms with Crippen LogP contribution in [-0.2, 0) is 9.59 Å². The molecule has 1 heterocycles. The average Bonchev–Trinajstić information content (AvgIpc) is 2.90. The van der Waals surface area contributed by atoms with Crippen molar-refractivity contribution in [3.05, 3.63) is 35.6 Å². The molecule has 1 saturated heterocycles. The quantitative estimate of drug-likeness (QED) is 0.812. The number of rotatable bonds is 5. The number of carbonyl (C=O) groups excluding carboxylic acids is 1. The van der Waals surface area contributed by atoms with E-state index in [2.05, 4.69) is 0 Å². The lowest BCUT2D eigenvalue weighted by Crippen LogP contribution is -2.48. The first-order valence-corrected chi connectivity index (χ1v) is 7.89. The molecule has 1 aromatic rings. The summed E-state index contributed by atoms with van der Waals surface area (Å²) in [5.41, 5.74) is 5.46. The summed E-state index contributed by atoms with van der Waals surface area (Å²) >= 11 is 0. The van der Waals surface area contributed by atoms with Gasteiger partial charge < -0.3 is 15.7 Å². The standard InChI is InChI=1S/C17H23FN2O3/c1-3-17(4-2,16(22)23)15(21)20-9-13(14(19)10-20)11-6-5-7-12(18)8-11/h5-8,13-14H,3-4,9-10,19H2,1-2H3,(H,22,23)/t13-,14+/m0/s1. The number of hydrogen-bond donors (Lipinski definition) is 2. The highest BCUT2D eigenvalue weighted by molar-refractivity contribution is 6.02. The number of amides is 1. The molecule has 6 heteroatoms. The molecule has 0 unspecified atom stereocenters. The second-order valence-corrected chi connectivity index (χ2v) is 6.13. The maximum absolute atomic E-state index is 13.4. The lowest BCUT2D eigenvalue weighted by atomic mass is 9.81. The number of carbonyl (C=O) groups is 2. The number of nitrogens with zero attached hydrogens (tertiary/aromatic N) is 1. The fourth-order valence-corrected chi connectivity index (χ4v) is 3.33. The molecule has 1 aliphatic rings. The van der Waals surface area contributed by atoms with Crippen LogP contribution in [-0.4, -0.2) is 41.0 Å². The van der Waals surface area contributed by atoms with Crippen molar-refractivity contribution in [1.29, 1.82) is 0 Å². The topological polar surface area (TPSA) is 83.6 Å². The number of aliphatic carboxylic acids is 1. The van der Waals surface area contributed by atoms with Crippen LogP contribution in [0.5, 0.6) is 0 Å². The molecule has 1 aromatic carbocycles. The second kappa shape index (κ2) is 6.66. The Balaban J connectivity index is 2.23. The van der Waals surface area contributed by atoms with Gasteiger partial charge in [-0.1, -0.05) is 26.0 Å². The van der Waals surface area contributed by atoms with Gasteiger partial charge >= 0.3 is 5.97 Å². The maximum atomic E-state index is 13.4. The minimum absolute atomic E-state index is 0.185. The molecule has 2 rings (SSSR count). The summed E-state index contributed by atoms with van der Waals surface area (Å²) in [6, 6.07) is 5.84. The van der Waals surface area contributed by atoms with Gasteiger partial charge in [-0.15, -0.1) is 0 Å². The fraction of sp³-hybridized carbons (Fsp3) is 0.529. The smallest absolute Gasteiger partial charge is 0.319 e. The van der Waals surface area contributed by atoms with Crippen molar-refractivity contribution in [2.45, 2.75) is 38.6 Å². The molecule has 0 aromatic heterocycles. The molecule has 126 valence electrons. The second-order valence-electron chi connectivity index (χ2n) is 6.13. The first kappa shape index (κ1) is 17.4. The van der Waals surface area contributed by atoms with Crippen molar-refractivity contribution in [2.24, 2.45) is 11.1 Å². The van der Waals surface area contributed by atoms with Crippen LogP contribution >= 0.6 is 0 Å². The van der Waals surface area contributed by atoms with Crippen molar-refractivity contribution >= 4 is 11.9 Å². The van der Waals surface area contributed by atoms with Gasteiger partial charge in [0.25, 0.3) is 0 Å². The summed E-state index contributed by atoms with van der Waals surface area (Å²) in [4.78, 5) is 25.9. The number of nitrogens with two attached hydrogens (primary N) is 1. The third kappa shape index (κ3) is 3.08. The highest BCUT2D eigenvalue weighted by atomic mass is 19.1. The Hall–Kier alpha value is -1.95. The Morgan fingerprint density at radius 2 is 2.00 bits per heavy atom. The van der Waals surface area contributed by atoms with E-state index in [4.69, 9.17) is 5.73 Å². The molecule has 0 spiro atoms. The van der Waals surface area contributed by atoms with Gasteiger partial charge in [0.1, 0.15) is 11.2 Å². The maximum Gasteiger partial charge on any atom is 0.319 e. The Morgan fingerprint density at radius 1 is 1.35 bits per heavy atom. The van der Waals surface area contributed by atoms with E-state index in [0.717, 1.165) is 5.56 Å². The molecule has 3 N–H and O–H groups in total. The van der Waals surface area contributed by atoms with Crippen molar-refractivity contribution in [3.63, 3.8) is 0 Å². The van der Waals surface area contributed by atoms with E-state index >= 15 is 0 Å². The summed E-state index contributed by atoms with van der Waals surface area (Å²) in [6.07, 6.45) is 0.460. The molecule has 0 aliphatic carbocycles. The molecule has 1 amide bonds. The van der Waals surface area contributed by atoms with Crippen molar-refractivity contribution in [2.75, 3.05) is 13.1 Å². The van der Waals surface area contributed by atoms with Gasteiger partial charge in [-0.2, -0.15) is 0 Å². The number of likely N-dealkylation sites (tertiary alicyclic amines) is 1. The van der Waals surface area contributed by atoms with Crippen LogP contribution < -0.4 is 5.73 Å². The Morgan fingerprint density at radius 3 is 2.52 bits per heavy atom. The van der Waals surface area contributed by atoms with E-state index < -0.39 is 17.3 Å². The van der Waals surface area contributed by atoms with Gasteiger partial charge in [-0.05, 0) is 30.5 Å². The van der Waals surface area contributed by atoms with E-state index in [1.807, 2.05) is 0 Å². The number of carboxylic acids is 1. The van der Waals surface area contributed by atoms with Crippen LogP contribution in [0.1, 0.15) is 38.2 Å². The zero-order chi connectivity index (χ0) is 17.2. The SMILES string of the molecule is CCC(CC)(C(=O)O)C(=O)N1C[C@@H](N)[C@H](c2cccc(F)c2)C1. The van der Waals surface area contributed by atoms with Gasteiger partial charge in [0.15, 0.2) is 0 Å². The lowest BCUT2D eigenvalue weighted by Gasteiger charge is -2.30. The largest absolute Gasteiger partial charge is 0.480 e. The minimum Gasteiger partial charge on any atom is -0.480 e. The minimum atomic E-state index is -1.41. The third-order valence-electron chi connectivity index (χ3n) is 4.96. The van der Waals surface area contributed by atoms with Gasteiger partial charge in [0.05, 0.1) is 0 Å². The average molecular weight is 322 g/mol. The molecule has 5 nitrogen and oxygen atoms in total. The molecular formula is C17H23FN2O3. The summed E-state index contributed by atoms with van der Waals surface area (Å²) in [6.45, 7) is 4.01. The van der Waals surface area contributed by atoms with E-state index in [1.54, 1.807) is 26.0 Å². The number of benzene rings is 1. The van der Waals surface area contributed by atoms with Crippen LogP contribution in [0.4, 0.5) is 4.39 Å². The van der Waals surface area contributed by atoms with Gasteiger partial charge in [0, 0.05) is 25.0 Å². The molecule has 0 radical (unpaired) electrons. The van der Waals surface area contributed by atoms with Gasteiger partial charge in [-0.3, -0.25) is 9.59 Å². The molecule has 2 atom stereocenters. The normalized spacial score (nSPS) is 21.5. The van der Waals surface area contributed by atoms with Crippen LogP contribution in [0.25, 0.3) is 0 Å². The number of carboxylic acid groups (broad SMARTS) is 1. The van der Waals surface area contributed by atoms with Crippen molar-refractivity contribution in [3.8, 4) is 0 Å². The highest BCUT2D eigenvalue weighted by Gasteiger charge is 2.48. The first-order valence-electron chi connectivity index (χ1n) is 7.89. The summed E-state index contributed by atoms with van der Waals surface area (Å²) < 4.78 is 13.4. The van der Waals surface area contributed by atoms with E-state index in [1.165, 1.54) is 17.0 Å². The summed E-state index contributed by atoms with van der Waals surface area (Å²) in [5, 5.41) is 9.51. The summed E-state index contributed by atoms with van der Waals surface area (Å²) in [5.74, 6) is -2.03. The van der Waals surface area contributed by atoms with E-state index in [0.29, 0.717) is 6.54 Å². The number of halogens is 1. The predicted molar refractivity (Wildman–Crippen MR) is 84.3 cm³/mol. The van der Waals surface area contributed by atoms with Crippen molar-refractivity contribution < 1.29 is 19.1 Å².